The highest BCUT2D eigenvalue weighted by molar-refractivity contribution is 5.81. The predicted molar refractivity (Wildman–Crippen MR) is 72.6 cm³/mol. The number of hydrogen-bond acceptors (Lipinski definition) is 3. The quantitative estimate of drug-likeness (QED) is 0.880. The van der Waals surface area contributed by atoms with E-state index in [9.17, 15) is 5.11 Å². The molecule has 18 heavy (non-hydrogen) atoms. The summed E-state index contributed by atoms with van der Waals surface area (Å²) in [5.74, 6) is 0. The Morgan fingerprint density at radius 3 is 2.83 bits per heavy atom. The molecule has 0 fully saturated rings. The number of hydrogen-bond donors (Lipinski definition) is 1. The van der Waals surface area contributed by atoms with Gasteiger partial charge >= 0.3 is 0 Å². The van der Waals surface area contributed by atoms with Crippen molar-refractivity contribution in [2.45, 2.75) is 25.4 Å². The lowest BCUT2D eigenvalue weighted by Crippen LogP contribution is -2.28. The van der Waals surface area contributed by atoms with Crippen LogP contribution in [0, 0.1) is 0 Å². The third-order valence-corrected chi connectivity index (χ3v) is 3.16. The lowest BCUT2D eigenvalue weighted by molar-refractivity contribution is 0.0252. The van der Waals surface area contributed by atoms with Crippen molar-refractivity contribution in [1.29, 1.82) is 0 Å². The van der Waals surface area contributed by atoms with Crippen LogP contribution in [-0.4, -0.2) is 29.4 Å². The first kappa shape index (κ1) is 13.0. The first-order chi connectivity index (χ1) is 8.62. The van der Waals surface area contributed by atoms with Crippen molar-refractivity contribution in [2.75, 3.05) is 13.7 Å². The monoisotopic (exact) mass is 245 g/mol. The summed E-state index contributed by atoms with van der Waals surface area (Å²) in [5, 5.41) is 11.5. The zero-order valence-corrected chi connectivity index (χ0v) is 10.9. The molecule has 3 nitrogen and oxygen atoms in total. The van der Waals surface area contributed by atoms with Gasteiger partial charge in [-0.25, -0.2) is 0 Å². The van der Waals surface area contributed by atoms with Gasteiger partial charge in [-0.15, -0.1) is 0 Å². The van der Waals surface area contributed by atoms with Crippen LogP contribution < -0.4 is 0 Å². The van der Waals surface area contributed by atoms with Gasteiger partial charge in [-0.2, -0.15) is 0 Å². The molecular formula is C15H19NO2. The average Bonchev–Trinajstić information content (AvgIpc) is 2.37. The van der Waals surface area contributed by atoms with Gasteiger partial charge in [-0.05, 0) is 31.0 Å². The summed E-state index contributed by atoms with van der Waals surface area (Å²) in [6, 6.07) is 9.98. The highest BCUT2D eigenvalue weighted by Gasteiger charge is 2.21. The minimum absolute atomic E-state index is 0.565. The zero-order valence-electron chi connectivity index (χ0n) is 10.9. The van der Waals surface area contributed by atoms with E-state index in [0.717, 1.165) is 16.5 Å². The molecule has 1 heterocycles. The fourth-order valence-corrected chi connectivity index (χ4v) is 2.13. The van der Waals surface area contributed by atoms with Gasteiger partial charge in [-0.1, -0.05) is 18.2 Å². The molecule has 1 unspecified atom stereocenters. The molecule has 1 aromatic heterocycles. The number of para-hydroxylation sites is 1. The number of ether oxygens (including phenoxy) is 1. The van der Waals surface area contributed by atoms with Crippen molar-refractivity contribution < 1.29 is 9.84 Å². The number of pyridine rings is 1. The van der Waals surface area contributed by atoms with E-state index < -0.39 is 5.60 Å². The Balaban J connectivity index is 2.26. The lowest BCUT2D eigenvalue weighted by atomic mass is 9.92. The number of nitrogens with zero attached hydrogens (tertiary/aromatic N) is 1. The number of fused-ring (bicyclic) bond motifs is 1. The molecule has 0 aliphatic heterocycles. The third-order valence-electron chi connectivity index (χ3n) is 3.16. The second-order valence-electron chi connectivity index (χ2n) is 4.90. The van der Waals surface area contributed by atoms with Crippen LogP contribution in [0.15, 0.2) is 36.5 Å². The van der Waals surface area contributed by atoms with Crippen LogP contribution in [0.5, 0.6) is 0 Å². The molecule has 2 aromatic rings. The second-order valence-corrected chi connectivity index (χ2v) is 4.90. The Hall–Kier alpha value is -1.45. The van der Waals surface area contributed by atoms with E-state index in [1.807, 2.05) is 37.3 Å². The maximum absolute atomic E-state index is 10.4. The summed E-state index contributed by atoms with van der Waals surface area (Å²) in [6.45, 7) is 2.41. The Bertz CT molecular complexity index is 517. The van der Waals surface area contributed by atoms with Crippen LogP contribution in [0.25, 0.3) is 10.9 Å². The van der Waals surface area contributed by atoms with Gasteiger partial charge in [0.05, 0.1) is 11.1 Å². The summed E-state index contributed by atoms with van der Waals surface area (Å²) in [4.78, 5) is 4.33. The Morgan fingerprint density at radius 2 is 2.06 bits per heavy atom. The molecule has 0 spiro atoms. The summed E-state index contributed by atoms with van der Waals surface area (Å²) in [5.41, 5.74) is 1.35. The predicted octanol–water partition coefficient (Wildman–Crippen LogP) is 2.56. The number of aliphatic hydroxyl groups is 1. The topological polar surface area (TPSA) is 42.4 Å². The molecule has 0 radical (unpaired) electrons. The van der Waals surface area contributed by atoms with Crippen LogP contribution >= 0.6 is 0 Å². The summed E-state index contributed by atoms with van der Waals surface area (Å²) in [7, 11) is 1.65. The smallest absolute Gasteiger partial charge is 0.0704 e. The van der Waals surface area contributed by atoms with Gasteiger partial charge < -0.3 is 9.84 Å². The highest BCUT2D eigenvalue weighted by Crippen LogP contribution is 2.23. The van der Waals surface area contributed by atoms with Gasteiger partial charge in [0.25, 0.3) is 0 Å². The SMILES string of the molecule is COCCC(C)(O)Cc1ccnc2ccccc12. The molecular weight excluding hydrogens is 226 g/mol. The molecule has 0 bridgehead atoms. The molecule has 1 atom stereocenters. The van der Waals surface area contributed by atoms with Crippen molar-refractivity contribution >= 4 is 10.9 Å². The van der Waals surface area contributed by atoms with E-state index in [2.05, 4.69) is 4.98 Å². The van der Waals surface area contributed by atoms with E-state index in [4.69, 9.17) is 4.74 Å². The van der Waals surface area contributed by atoms with Crippen molar-refractivity contribution in [2.24, 2.45) is 0 Å². The van der Waals surface area contributed by atoms with E-state index in [1.165, 1.54) is 0 Å². The molecule has 3 heteroatoms. The Morgan fingerprint density at radius 1 is 1.28 bits per heavy atom. The molecule has 0 saturated heterocycles. The Kier molecular flexibility index (Phi) is 3.94. The van der Waals surface area contributed by atoms with Gasteiger partial charge in [0, 0.05) is 31.7 Å². The fourth-order valence-electron chi connectivity index (χ4n) is 2.13. The highest BCUT2D eigenvalue weighted by atomic mass is 16.5. The normalized spacial score (nSPS) is 14.6. The summed E-state index contributed by atoms with van der Waals surface area (Å²) >= 11 is 0. The van der Waals surface area contributed by atoms with Crippen molar-refractivity contribution in [3.8, 4) is 0 Å². The minimum Gasteiger partial charge on any atom is -0.390 e. The minimum atomic E-state index is -0.750. The Labute approximate surface area is 107 Å². The molecule has 1 aromatic carbocycles. The fraction of sp³-hybridized carbons (Fsp3) is 0.400. The largest absolute Gasteiger partial charge is 0.390 e. The number of methoxy groups -OCH3 is 1. The molecule has 96 valence electrons. The van der Waals surface area contributed by atoms with E-state index in [-0.39, 0.29) is 0 Å². The van der Waals surface area contributed by atoms with Gasteiger partial charge in [-0.3, -0.25) is 4.98 Å². The van der Waals surface area contributed by atoms with Gasteiger partial charge in [0.2, 0.25) is 0 Å². The summed E-state index contributed by atoms with van der Waals surface area (Å²) in [6.07, 6.45) is 3.03. The number of benzene rings is 1. The van der Waals surface area contributed by atoms with Gasteiger partial charge in [0.1, 0.15) is 0 Å². The first-order valence-electron chi connectivity index (χ1n) is 6.16. The molecule has 0 aliphatic rings. The lowest BCUT2D eigenvalue weighted by Gasteiger charge is -2.23. The molecule has 1 N–H and O–H groups in total. The molecule has 0 aliphatic carbocycles. The third kappa shape index (κ3) is 3.06. The first-order valence-corrected chi connectivity index (χ1v) is 6.16. The average molecular weight is 245 g/mol. The zero-order chi connectivity index (χ0) is 13.0. The van der Waals surface area contributed by atoms with Crippen LogP contribution in [0.4, 0.5) is 0 Å². The molecule has 0 amide bonds. The maximum Gasteiger partial charge on any atom is 0.0704 e. The van der Waals surface area contributed by atoms with Crippen molar-refractivity contribution in [1.82, 2.24) is 4.98 Å². The molecule has 0 saturated carbocycles. The van der Waals surface area contributed by atoms with E-state index >= 15 is 0 Å². The van der Waals surface area contributed by atoms with Crippen LogP contribution in [0.2, 0.25) is 0 Å². The maximum atomic E-state index is 10.4. The number of aromatic nitrogens is 1. The molecule has 2 rings (SSSR count). The van der Waals surface area contributed by atoms with Crippen LogP contribution in [0.1, 0.15) is 18.9 Å². The van der Waals surface area contributed by atoms with Crippen LogP contribution in [0.3, 0.4) is 0 Å². The number of rotatable bonds is 5. The standard InChI is InChI=1S/C15H19NO2/c1-15(17,8-10-18-2)11-12-7-9-16-14-6-4-3-5-13(12)14/h3-7,9,17H,8,10-11H2,1-2H3. The van der Waals surface area contributed by atoms with E-state index in [1.54, 1.807) is 13.3 Å². The van der Waals surface area contributed by atoms with Crippen molar-refractivity contribution in [3.63, 3.8) is 0 Å². The van der Waals surface area contributed by atoms with E-state index in [0.29, 0.717) is 19.4 Å². The summed E-state index contributed by atoms with van der Waals surface area (Å²) < 4.78 is 5.03. The van der Waals surface area contributed by atoms with Gasteiger partial charge in [0.15, 0.2) is 0 Å². The second kappa shape index (κ2) is 5.46. The van der Waals surface area contributed by atoms with Crippen LogP contribution in [-0.2, 0) is 11.2 Å². The van der Waals surface area contributed by atoms with Crippen molar-refractivity contribution in [3.05, 3.63) is 42.1 Å².